The van der Waals surface area contributed by atoms with Gasteiger partial charge in [0.2, 0.25) is 5.91 Å². The predicted molar refractivity (Wildman–Crippen MR) is 105 cm³/mol. The van der Waals surface area contributed by atoms with Crippen molar-refractivity contribution in [1.29, 1.82) is 0 Å². The number of carbonyl (C=O) groups excluding carboxylic acids is 2. The Morgan fingerprint density at radius 3 is 2.43 bits per heavy atom. The highest BCUT2D eigenvalue weighted by Crippen LogP contribution is 2.32. The minimum Gasteiger partial charge on any atom is -0.459 e. The van der Waals surface area contributed by atoms with Gasteiger partial charge in [-0.3, -0.25) is 9.59 Å². The van der Waals surface area contributed by atoms with Crippen molar-refractivity contribution < 1.29 is 14.0 Å². The van der Waals surface area contributed by atoms with Gasteiger partial charge in [-0.05, 0) is 41.3 Å². The second-order valence-electron chi connectivity index (χ2n) is 7.27. The molecule has 3 heterocycles. The standard InChI is InChI=1S/C23H20N2O3/c26-22(24-12-11-16-6-3-4-9-19(16)24)20-14-17-7-1-2-8-18(17)15-25(20)23(27)21-10-5-13-28-21/h1-10,13,20H,11-12,14-15H2. The van der Waals surface area contributed by atoms with Crippen molar-refractivity contribution in [3.63, 3.8) is 0 Å². The van der Waals surface area contributed by atoms with E-state index in [0.717, 1.165) is 23.2 Å². The summed E-state index contributed by atoms with van der Waals surface area (Å²) >= 11 is 0. The summed E-state index contributed by atoms with van der Waals surface area (Å²) in [6.07, 6.45) is 2.84. The highest BCUT2D eigenvalue weighted by molar-refractivity contribution is 6.03. The normalized spacial score (nSPS) is 17.9. The second-order valence-corrected chi connectivity index (χ2v) is 7.27. The largest absolute Gasteiger partial charge is 0.459 e. The van der Waals surface area contributed by atoms with Crippen LogP contribution < -0.4 is 4.90 Å². The number of rotatable bonds is 2. The lowest BCUT2D eigenvalue weighted by atomic mass is 9.93. The van der Waals surface area contributed by atoms with Crippen LogP contribution in [0.5, 0.6) is 0 Å². The molecule has 28 heavy (non-hydrogen) atoms. The van der Waals surface area contributed by atoms with Gasteiger partial charge in [0.05, 0.1) is 6.26 Å². The van der Waals surface area contributed by atoms with Crippen LogP contribution in [0.25, 0.3) is 0 Å². The van der Waals surface area contributed by atoms with Gasteiger partial charge in [-0.25, -0.2) is 0 Å². The Bertz CT molecular complexity index is 1040. The summed E-state index contributed by atoms with van der Waals surface area (Å²) in [5.74, 6) is -0.0105. The molecule has 0 radical (unpaired) electrons. The van der Waals surface area contributed by atoms with E-state index in [4.69, 9.17) is 4.42 Å². The molecule has 5 rings (SSSR count). The first-order valence-electron chi connectivity index (χ1n) is 9.53. The molecule has 1 aromatic heterocycles. The molecule has 0 fully saturated rings. The van der Waals surface area contributed by atoms with Crippen LogP contribution in [-0.4, -0.2) is 29.3 Å². The third-order valence-corrected chi connectivity index (χ3v) is 5.68. The maximum Gasteiger partial charge on any atom is 0.290 e. The van der Waals surface area contributed by atoms with Crippen molar-refractivity contribution in [2.45, 2.75) is 25.4 Å². The van der Waals surface area contributed by atoms with Crippen molar-refractivity contribution in [2.75, 3.05) is 11.4 Å². The summed E-state index contributed by atoms with van der Waals surface area (Å²) in [4.78, 5) is 30.2. The smallest absolute Gasteiger partial charge is 0.290 e. The van der Waals surface area contributed by atoms with E-state index in [1.165, 1.54) is 11.8 Å². The van der Waals surface area contributed by atoms with E-state index in [9.17, 15) is 9.59 Å². The number of benzene rings is 2. The Morgan fingerprint density at radius 1 is 0.893 bits per heavy atom. The molecular formula is C23H20N2O3. The Kier molecular flexibility index (Phi) is 4.01. The van der Waals surface area contributed by atoms with Gasteiger partial charge in [-0.2, -0.15) is 0 Å². The lowest BCUT2D eigenvalue weighted by molar-refractivity contribution is -0.123. The number of nitrogens with zero attached hydrogens (tertiary/aromatic N) is 2. The number of carbonyl (C=O) groups is 2. The van der Waals surface area contributed by atoms with Crippen molar-refractivity contribution in [2.24, 2.45) is 0 Å². The van der Waals surface area contributed by atoms with Crippen LogP contribution in [0, 0.1) is 0 Å². The molecule has 0 N–H and O–H groups in total. The molecule has 1 unspecified atom stereocenters. The molecule has 0 aliphatic carbocycles. The summed E-state index contributed by atoms with van der Waals surface area (Å²) in [6.45, 7) is 1.06. The molecule has 1 atom stereocenters. The van der Waals surface area contributed by atoms with Crippen molar-refractivity contribution in [3.05, 3.63) is 89.4 Å². The topological polar surface area (TPSA) is 53.8 Å². The summed E-state index contributed by atoms with van der Waals surface area (Å²) in [5.41, 5.74) is 4.33. The second kappa shape index (κ2) is 6.68. The SMILES string of the molecule is O=C(C1Cc2ccccc2CN1C(=O)c1ccco1)N1CCc2ccccc21. The van der Waals surface area contributed by atoms with Gasteiger partial charge in [0, 0.05) is 25.2 Å². The lowest BCUT2D eigenvalue weighted by Crippen LogP contribution is -2.53. The number of furan rings is 1. The maximum atomic E-state index is 13.6. The van der Waals surface area contributed by atoms with Crippen LogP contribution in [-0.2, 0) is 24.2 Å². The lowest BCUT2D eigenvalue weighted by Gasteiger charge is -2.37. The number of hydrogen-bond acceptors (Lipinski definition) is 3. The van der Waals surface area contributed by atoms with Crippen LogP contribution in [0.3, 0.4) is 0 Å². The van der Waals surface area contributed by atoms with Gasteiger partial charge < -0.3 is 14.2 Å². The fourth-order valence-corrected chi connectivity index (χ4v) is 4.25. The number of fused-ring (bicyclic) bond motifs is 2. The third kappa shape index (κ3) is 2.71. The van der Waals surface area contributed by atoms with E-state index in [0.29, 0.717) is 19.5 Å². The Hall–Kier alpha value is -3.34. The number of anilines is 1. The first kappa shape index (κ1) is 16.8. The molecule has 3 aromatic rings. The van der Waals surface area contributed by atoms with Crippen LogP contribution in [0.2, 0.25) is 0 Å². The predicted octanol–water partition coefficient (Wildman–Crippen LogP) is 3.44. The Morgan fingerprint density at radius 2 is 1.64 bits per heavy atom. The third-order valence-electron chi connectivity index (χ3n) is 5.68. The first-order valence-corrected chi connectivity index (χ1v) is 9.53. The van der Waals surface area contributed by atoms with Crippen LogP contribution in [0.15, 0.2) is 71.3 Å². The fraction of sp³-hybridized carbons (Fsp3) is 0.217. The average molecular weight is 372 g/mol. The molecular weight excluding hydrogens is 352 g/mol. The zero-order chi connectivity index (χ0) is 19.1. The van der Waals surface area contributed by atoms with E-state index < -0.39 is 6.04 Å². The summed E-state index contributed by atoms with van der Waals surface area (Å²) < 4.78 is 5.33. The van der Waals surface area contributed by atoms with Gasteiger partial charge in [0.1, 0.15) is 6.04 Å². The van der Waals surface area contributed by atoms with E-state index in [1.807, 2.05) is 47.4 Å². The highest BCUT2D eigenvalue weighted by atomic mass is 16.3. The van der Waals surface area contributed by atoms with Gasteiger partial charge in [-0.15, -0.1) is 0 Å². The van der Waals surface area contributed by atoms with Crippen LogP contribution in [0.4, 0.5) is 5.69 Å². The zero-order valence-electron chi connectivity index (χ0n) is 15.4. The molecule has 2 aliphatic rings. The molecule has 5 heteroatoms. The van der Waals surface area contributed by atoms with Crippen LogP contribution in [0.1, 0.15) is 27.2 Å². The van der Waals surface area contributed by atoms with Gasteiger partial charge in [0.25, 0.3) is 5.91 Å². The quantitative estimate of drug-likeness (QED) is 0.692. The van der Waals surface area contributed by atoms with Crippen LogP contribution >= 0.6 is 0 Å². The molecule has 2 amide bonds. The molecule has 0 saturated carbocycles. The molecule has 140 valence electrons. The van der Waals surface area contributed by atoms with Gasteiger partial charge >= 0.3 is 0 Å². The average Bonchev–Trinajstić information content (AvgIpc) is 3.42. The van der Waals surface area contributed by atoms with E-state index in [2.05, 4.69) is 6.07 Å². The summed E-state index contributed by atoms with van der Waals surface area (Å²) in [7, 11) is 0. The zero-order valence-corrected chi connectivity index (χ0v) is 15.4. The minimum atomic E-state index is -0.543. The molecule has 0 spiro atoms. The summed E-state index contributed by atoms with van der Waals surface area (Å²) in [6, 6.07) is 18.8. The van der Waals surface area contributed by atoms with Crippen molar-refractivity contribution in [1.82, 2.24) is 4.90 Å². The van der Waals surface area contributed by atoms with Gasteiger partial charge in [-0.1, -0.05) is 42.5 Å². The highest BCUT2D eigenvalue weighted by Gasteiger charge is 2.39. The van der Waals surface area contributed by atoms with E-state index in [1.54, 1.807) is 17.0 Å². The molecule has 5 nitrogen and oxygen atoms in total. The molecule has 2 aromatic carbocycles. The number of amides is 2. The first-order chi connectivity index (χ1) is 13.7. The Labute approximate surface area is 163 Å². The number of hydrogen-bond donors (Lipinski definition) is 0. The van der Waals surface area contributed by atoms with E-state index in [-0.39, 0.29) is 17.6 Å². The van der Waals surface area contributed by atoms with Crippen molar-refractivity contribution >= 4 is 17.5 Å². The molecule has 0 bridgehead atoms. The van der Waals surface area contributed by atoms with Gasteiger partial charge in [0.15, 0.2) is 5.76 Å². The Balaban J connectivity index is 1.52. The molecule has 0 saturated heterocycles. The number of para-hydroxylation sites is 1. The molecule has 2 aliphatic heterocycles. The monoisotopic (exact) mass is 372 g/mol. The fourth-order valence-electron chi connectivity index (χ4n) is 4.25. The maximum absolute atomic E-state index is 13.6. The van der Waals surface area contributed by atoms with E-state index >= 15 is 0 Å². The summed E-state index contributed by atoms with van der Waals surface area (Å²) in [5, 5.41) is 0. The minimum absolute atomic E-state index is 0.0284. The van der Waals surface area contributed by atoms with Crippen molar-refractivity contribution in [3.8, 4) is 0 Å².